The fourth-order valence-electron chi connectivity index (χ4n) is 5.21. The second-order valence-electron chi connectivity index (χ2n) is 9.61. The zero-order chi connectivity index (χ0) is 25.6. The van der Waals surface area contributed by atoms with Crippen molar-refractivity contribution in [1.82, 2.24) is 14.8 Å². The van der Waals surface area contributed by atoms with E-state index in [1.807, 2.05) is 59.5 Å². The maximum absolute atomic E-state index is 13.0. The Kier molecular flexibility index (Phi) is 7.66. The van der Waals surface area contributed by atoms with Crippen LogP contribution in [0.2, 0.25) is 0 Å². The number of rotatable bonds is 11. The Hall–Kier alpha value is -3.90. The van der Waals surface area contributed by atoms with Crippen LogP contribution in [0.25, 0.3) is 10.9 Å². The van der Waals surface area contributed by atoms with Crippen LogP contribution in [0, 0.1) is 0 Å². The van der Waals surface area contributed by atoms with E-state index in [0.29, 0.717) is 39.1 Å². The number of fused-ring (bicyclic) bond motifs is 2. The first kappa shape index (κ1) is 24.8. The van der Waals surface area contributed by atoms with E-state index in [1.165, 1.54) is 10.9 Å². The molecular weight excluding hydrogens is 462 g/mol. The summed E-state index contributed by atoms with van der Waals surface area (Å²) in [6.07, 6.45) is 3.22. The molecule has 6 nitrogen and oxygen atoms in total. The van der Waals surface area contributed by atoms with E-state index in [4.69, 9.17) is 4.74 Å². The van der Waals surface area contributed by atoms with Crippen molar-refractivity contribution in [3.8, 4) is 0 Å². The van der Waals surface area contributed by atoms with Crippen molar-refractivity contribution >= 4 is 22.7 Å². The zero-order valence-corrected chi connectivity index (χ0v) is 21.2. The third kappa shape index (κ3) is 5.59. The van der Waals surface area contributed by atoms with Crippen molar-refractivity contribution in [1.29, 1.82) is 0 Å². The second-order valence-corrected chi connectivity index (χ2v) is 9.61. The van der Waals surface area contributed by atoms with Crippen LogP contribution < -0.4 is 5.32 Å². The number of amides is 2. The topological polar surface area (TPSA) is 63.6 Å². The van der Waals surface area contributed by atoms with Crippen molar-refractivity contribution in [2.45, 2.75) is 31.8 Å². The monoisotopic (exact) mass is 495 g/mol. The van der Waals surface area contributed by atoms with Gasteiger partial charge in [0.25, 0.3) is 5.91 Å². The molecule has 6 heteroatoms. The Labute approximate surface area is 217 Å². The minimum Gasteiger partial charge on any atom is -0.383 e. The molecule has 190 valence electrons. The Bertz CT molecular complexity index is 1380. The molecule has 1 aromatic heterocycles. The largest absolute Gasteiger partial charge is 0.383 e. The lowest BCUT2D eigenvalue weighted by atomic mass is 9.98. The minimum absolute atomic E-state index is 0.0133. The molecule has 1 unspecified atom stereocenters. The molecular formula is C31H33N3O3. The maximum atomic E-state index is 13.0. The van der Waals surface area contributed by atoms with Gasteiger partial charge in [0.05, 0.1) is 6.61 Å². The number of methoxy groups -OCH3 is 1. The molecule has 1 atom stereocenters. The van der Waals surface area contributed by atoms with Gasteiger partial charge in [0.1, 0.15) is 0 Å². The number of hydrogen-bond acceptors (Lipinski definition) is 3. The highest BCUT2D eigenvalue weighted by Gasteiger charge is 2.29. The fraction of sp³-hybridized carbons (Fsp3) is 0.290. The van der Waals surface area contributed by atoms with Gasteiger partial charge in [-0.2, -0.15) is 0 Å². The summed E-state index contributed by atoms with van der Waals surface area (Å²) in [4.78, 5) is 27.8. The van der Waals surface area contributed by atoms with Gasteiger partial charge in [0.2, 0.25) is 5.91 Å². The Morgan fingerprint density at radius 3 is 2.57 bits per heavy atom. The van der Waals surface area contributed by atoms with Crippen LogP contribution in [-0.2, 0) is 29.0 Å². The molecule has 1 N–H and O–H groups in total. The molecule has 0 saturated heterocycles. The van der Waals surface area contributed by atoms with Gasteiger partial charge in [-0.3, -0.25) is 9.59 Å². The van der Waals surface area contributed by atoms with Gasteiger partial charge in [-0.15, -0.1) is 0 Å². The molecule has 1 aliphatic heterocycles. The number of aromatic nitrogens is 1. The molecule has 1 aliphatic rings. The van der Waals surface area contributed by atoms with E-state index >= 15 is 0 Å². The van der Waals surface area contributed by atoms with E-state index < -0.39 is 0 Å². The highest BCUT2D eigenvalue weighted by Crippen LogP contribution is 2.26. The van der Waals surface area contributed by atoms with E-state index in [1.54, 1.807) is 7.11 Å². The Morgan fingerprint density at radius 2 is 1.76 bits per heavy atom. The number of benzene rings is 3. The van der Waals surface area contributed by atoms with Crippen LogP contribution in [-0.4, -0.2) is 48.1 Å². The average molecular weight is 496 g/mol. The fourth-order valence-corrected chi connectivity index (χ4v) is 5.21. The number of carbonyl (C=O) groups excluding carboxylic acids is 2. The number of para-hydroxylation sites is 1. The normalized spacial score (nSPS) is 13.6. The standard InChI is InChI=1S/C31H33N3O3/c1-37-18-17-33-20-25(27-12-7-8-14-29(27)33)15-16-30(35)32-19-26(23-9-3-2-4-10-23)22-34-21-24-11-5-6-13-28(24)31(34)36/h2-14,20,26H,15-19,21-22H2,1H3,(H,32,35). The first-order chi connectivity index (χ1) is 18.1. The molecule has 37 heavy (non-hydrogen) atoms. The van der Waals surface area contributed by atoms with Gasteiger partial charge < -0.3 is 19.5 Å². The van der Waals surface area contributed by atoms with Gasteiger partial charge >= 0.3 is 0 Å². The van der Waals surface area contributed by atoms with E-state index in [-0.39, 0.29) is 17.7 Å². The predicted molar refractivity (Wildman–Crippen MR) is 146 cm³/mol. The van der Waals surface area contributed by atoms with Crippen LogP contribution in [0.5, 0.6) is 0 Å². The lowest BCUT2D eigenvalue weighted by Gasteiger charge is -2.24. The molecule has 2 amide bonds. The molecule has 4 aromatic rings. The molecule has 0 bridgehead atoms. The van der Waals surface area contributed by atoms with Crippen molar-refractivity contribution in [2.24, 2.45) is 0 Å². The smallest absolute Gasteiger partial charge is 0.254 e. The molecule has 3 aromatic carbocycles. The third-order valence-electron chi connectivity index (χ3n) is 7.18. The molecule has 0 fully saturated rings. The Morgan fingerprint density at radius 1 is 1.00 bits per heavy atom. The summed E-state index contributed by atoms with van der Waals surface area (Å²) < 4.78 is 7.45. The number of hydrogen-bond donors (Lipinski definition) is 1. The van der Waals surface area contributed by atoms with E-state index in [2.05, 4.69) is 40.3 Å². The zero-order valence-electron chi connectivity index (χ0n) is 21.2. The highest BCUT2D eigenvalue weighted by atomic mass is 16.5. The number of ether oxygens (including phenoxy) is 1. The number of nitrogens with zero attached hydrogens (tertiary/aromatic N) is 2. The quantitative estimate of drug-likeness (QED) is 0.326. The van der Waals surface area contributed by atoms with Crippen molar-refractivity contribution in [3.05, 3.63) is 107 Å². The lowest BCUT2D eigenvalue weighted by molar-refractivity contribution is -0.121. The molecule has 5 rings (SSSR count). The van der Waals surface area contributed by atoms with E-state index in [0.717, 1.165) is 28.8 Å². The molecule has 0 aliphatic carbocycles. The van der Waals surface area contributed by atoms with Gasteiger partial charge in [-0.1, -0.05) is 66.7 Å². The molecule has 0 saturated carbocycles. The summed E-state index contributed by atoms with van der Waals surface area (Å²) in [5, 5.41) is 4.33. The number of carbonyl (C=O) groups is 2. The summed E-state index contributed by atoms with van der Waals surface area (Å²) in [7, 11) is 1.71. The SMILES string of the molecule is COCCn1cc(CCC(=O)NCC(CN2Cc3ccccc3C2=O)c2ccccc2)c2ccccc21. The van der Waals surface area contributed by atoms with Crippen LogP contribution in [0.1, 0.15) is 39.4 Å². The minimum atomic E-state index is 0.0133. The third-order valence-corrected chi connectivity index (χ3v) is 7.18. The van der Waals surface area contributed by atoms with Crippen molar-refractivity contribution in [2.75, 3.05) is 26.8 Å². The first-order valence-electron chi connectivity index (χ1n) is 12.9. The Balaban J connectivity index is 1.23. The lowest BCUT2D eigenvalue weighted by Crippen LogP contribution is -2.36. The van der Waals surface area contributed by atoms with Gasteiger partial charge in [0, 0.05) is 68.3 Å². The van der Waals surface area contributed by atoms with E-state index in [9.17, 15) is 9.59 Å². The highest BCUT2D eigenvalue weighted by molar-refractivity contribution is 5.98. The molecule has 2 heterocycles. The predicted octanol–water partition coefficient (Wildman–Crippen LogP) is 4.78. The maximum Gasteiger partial charge on any atom is 0.254 e. The van der Waals surface area contributed by atoms with Crippen LogP contribution >= 0.6 is 0 Å². The summed E-state index contributed by atoms with van der Waals surface area (Å²) in [6.45, 7) is 3.08. The number of nitrogens with one attached hydrogen (secondary N) is 1. The van der Waals surface area contributed by atoms with Crippen molar-refractivity contribution < 1.29 is 14.3 Å². The first-order valence-corrected chi connectivity index (χ1v) is 12.9. The summed E-state index contributed by atoms with van der Waals surface area (Å²) in [5.74, 6) is 0.0952. The van der Waals surface area contributed by atoms with Crippen LogP contribution in [0.15, 0.2) is 85.1 Å². The van der Waals surface area contributed by atoms with Gasteiger partial charge in [-0.25, -0.2) is 0 Å². The number of aryl methyl sites for hydroxylation is 1. The molecule has 0 spiro atoms. The van der Waals surface area contributed by atoms with Crippen LogP contribution in [0.4, 0.5) is 0 Å². The summed E-state index contributed by atoms with van der Waals surface area (Å²) >= 11 is 0. The molecule has 0 radical (unpaired) electrons. The summed E-state index contributed by atoms with van der Waals surface area (Å²) in [6, 6.07) is 26.2. The van der Waals surface area contributed by atoms with Crippen LogP contribution in [0.3, 0.4) is 0 Å². The summed E-state index contributed by atoms with van der Waals surface area (Å²) in [5.41, 5.74) is 5.29. The van der Waals surface area contributed by atoms with Crippen molar-refractivity contribution in [3.63, 3.8) is 0 Å². The second kappa shape index (κ2) is 11.4. The van der Waals surface area contributed by atoms with Gasteiger partial charge in [-0.05, 0) is 35.2 Å². The average Bonchev–Trinajstić information content (AvgIpc) is 3.46. The van der Waals surface area contributed by atoms with Gasteiger partial charge in [0.15, 0.2) is 0 Å².